The zero-order valence-electron chi connectivity index (χ0n) is 6.08. The molecule has 1 rings (SSSR count). The Morgan fingerprint density at radius 1 is 1.33 bits per heavy atom. The second-order valence-electron chi connectivity index (χ2n) is 2.11. The van der Waals surface area contributed by atoms with Crippen LogP contribution >= 0.6 is 11.6 Å². The van der Waals surface area contributed by atoms with E-state index in [2.05, 4.69) is 5.32 Å². The van der Waals surface area contributed by atoms with Gasteiger partial charge in [0, 0.05) is 10.7 Å². The van der Waals surface area contributed by atoms with Gasteiger partial charge in [-0.2, -0.15) is 0 Å². The summed E-state index contributed by atoms with van der Waals surface area (Å²) >= 11 is 5.60. The summed E-state index contributed by atoms with van der Waals surface area (Å²) in [6.45, 7) is 0. The van der Waals surface area contributed by atoms with Crippen LogP contribution in [-0.2, 0) is 9.59 Å². The Morgan fingerprint density at radius 2 is 1.92 bits per heavy atom. The third-order valence-corrected chi connectivity index (χ3v) is 1.47. The first-order valence-electron chi connectivity index (χ1n) is 3.24. The molecule has 0 unspecified atom stereocenters. The number of carbonyl (C=O) groups is 2. The van der Waals surface area contributed by atoms with Gasteiger partial charge in [-0.3, -0.25) is 9.59 Å². The molecule has 0 aromatic heterocycles. The molecule has 12 heavy (non-hydrogen) atoms. The fourth-order valence-corrected chi connectivity index (χ4v) is 0.831. The molecular formula is C8H6ClNO2. The van der Waals surface area contributed by atoms with Crippen molar-refractivity contribution in [3.05, 3.63) is 29.3 Å². The van der Waals surface area contributed by atoms with Gasteiger partial charge in [-0.25, -0.2) is 0 Å². The summed E-state index contributed by atoms with van der Waals surface area (Å²) in [5.41, 5.74) is 0.552. The van der Waals surface area contributed by atoms with Crippen LogP contribution < -0.4 is 5.32 Å². The Kier molecular flexibility index (Phi) is 2.82. The number of anilines is 1. The topological polar surface area (TPSA) is 46.2 Å². The molecule has 1 amide bonds. The second-order valence-corrected chi connectivity index (χ2v) is 2.55. The monoisotopic (exact) mass is 183 g/mol. The SMILES string of the molecule is O=CC(=O)Nc1ccc(Cl)cc1. The highest BCUT2D eigenvalue weighted by Gasteiger charge is 1.97. The molecule has 1 N–H and O–H groups in total. The van der Waals surface area contributed by atoms with E-state index in [0.717, 1.165) is 0 Å². The minimum absolute atomic E-state index is 0.217. The fourth-order valence-electron chi connectivity index (χ4n) is 0.705. The molecule has 3 nitrogen and oxygen atoms in total. The van der Waals surface area contributed by atoms with Crippen LogP contribution in [0.2, 0.25) is 5.02 Å². The molecule has 0 fully saturated rings. The van der Waals surface area contributed by atoms with Crippen molar-refractivity contribution in [1.29, 1.82) is 0 Å². The Morgan fingerprint density at radius 3 is 2.42 bits per heavy atom. The normalized spacial score (nSPS) is 9.08. The van der Waals surface area contributed by atoms with Crippen molar-refractivity contribution < 1.29 is 9.59 Å². The van der Waals surface area contributed by atoms with Gasteiger partial charge >= 0.3 is 0 Å². The first kappa shape index (κ1) is 8.74. The largest absolute Gasteiger partial charge is 0.320 e. The Bertz CT molecular complexity index is 294. The Labute approximate surface area is 74.3 Å². The van der Waals surface area contributed by atoms with E-state index in [1.807, 2.05) is 0 Å². The molecule has 0 aliphatic rings. The summed E-state index contributed by atoms with van der Waals surface area (Å²) in [6, 6.07) is 6.48. The van der Waals surface area contributed by atoms with Crippen LogP contribution in [0.25, 0.3) is 0 Å². The fraction of sp³-hybridized carbons (Fsp3) is 0. The summed E-state index contributed by atoms with van der Waals surface area (Å²) in [6.07, 6.45) is 0.217. The van der Waals surface area contributed by atoms with E-state index in [4.69, 9.17) is 11.6 Å². The zero-order valence-corrected chi connectivity index (χ0v) is 6.84. The average Bonchev–Trinajstić information content (AvgIpc) is 2.09. The minimum Gasteiger partial charge on any atom is -0.320 e. The molecule has 0 heterocycles. The van der Waals surface area contributed by atoms with Crippen molar-refractivity contribution in [1.82, 2.24) is 0 Å². The van der Waals surface area contributed by atoms with Gasteiger partial charge in [0.15, 0.2) is 0 Å². The maximum absolute atomic E-state index is 10.6. The number of aldehydes is 1. The summed E-state index contributed by atoms with van der Waals surface area (Å²) in [7, 11) is 0. The van der Waals surface area contributed by atoms with Crippen LogP contribution in [0.15, 0.2) is 24.3 Å². The predicted octanol–water partition coefficient (Wildman–Crippen LogP) is 1.48. The molecule has 1 aromatic rings. The van der Waals surface area contributed by atoms with Gasteiger partial charge in [-0.05, 0) is 24.3 Å². The highest BCUT2D eigenvalue weighted by molar-refractivity contribution is 6.31. The zero-order chi connectivity index (χ0) is 8.97. The lowest BCUT2D eigenvalue weighted by Gasteiger charge is -1.99. The number of amides is 1. The number of hydrogen-bond acceptors (Lipinski definition) is 2. The van der Waals surface area contributed by atoms with Crippen molar-refractivity contribution in [2.75, 3.05) is 5.32 Å². The van der Waals surface area contributed by atoms with E-state index >= 15 is 0 Å². The van der Waals surface area contributed by atoms with Crippen molar-refractivity contribution in [3.8, 4) is 0 Å². The van der Waals surface area contributed by atoms with Crippen LogP contribution in [-0.4, -0.2) is 12.2 Å². The summed E-state index contributed by atoms with van der Waals surface area (Å²) in [5.74, 6) is -0.669. The Hall–Kier alpha value is -1.35. The Balaban J connectivity index is 2.71. The van der Waals surface area contributed by atoms with Crippen molar-refractivity contribution >= 4 is 29.5 Å². The molecule has 0 aliphatic heterocycles. The van der Waals surface area contributed by atoms with Gasteiger partial charge in [0.1, 0.15) is 0 Å². The lowest BCUT2D eigenvalue weighted by Crippen LogP contribution is -2.11. The highest BCUT2D eigenvalue weighted by atomic mass is 35.5. The van der Waals surface area contributed by atoms with E-state index in [1.165, 1.54) is 0 Å². The summed E-state index contributed by atoms with van der Waals surface area (Å²) in [4.78, 5) is 20.5. The third-order valence-electron chi connectivity index (χ3n) is 1.22. The van der Waals surface area contributed by atoms with Crippen molar-refractivity contribution in [2.45, 2.75) is 0 Å². The molecule has 1 aromatic carbocycles. The van der Waals surface area contributed by atoms with Crippen LogP contribution in [0.3, 0.4) is 0 Å². The van der Waals surface area contributed by atoms with E-state index in [9.17, 15) is 9.59 Å². The number of rotatable bonds is 2. The van der Waals surface area contributed by atoms with E-state index < -0.39 is 5.91 Å². The van der Waals surface area contributed by atoms with Gasteiger partial charge < -0.3 is 5.32 Å². The maximum Gasteiger partial charge on any atom is 0.288 e. The maximum atomic E-state index is 10.6. The molecular weight excluding hydrogens is 178 g/mol. The van der Waals surface area contributed by atoms with Gasteiger partial charge in [0.2, 0.25) is 6.29 Å². The van der Waals surface area contributed by atoms with Crippen LogP contribution in [0.5, 0.6) is 0 Å². The minimum atomic E-state index is -0.669. The van der Waals surface area contributed by atoms with Gasteiger partial charge in [-0.1, -0.05) is 11.6 Å². The molecule has 0 saturated carbocycles. The standard InChI is InChI=1S/C8H6ClNO2/c9-6-1-3-7(4-2-6)10-8(12)5-11/h1-5H,(H,10,12). The molecule has 0 atom stereocenters. The molecule has 0 saturated heterocycles. The molecule has 4 heteroatoms. The molecule has 0 radical (unpaired) electrons. The molecule has 62 valence electrons. The number of nitrogens with one attached hydrogen (secondary N) is 1. The number of halogens is 1. The smallest absolute Gasteiger partial charge is 0.288 e. The molecule has 0 spiro atoms. The van der Waals surface area contributed by atoms with Crippen LogP contribution in [0, 0.1) is 0 Å². The summed E-state index contributed by atoms with van der Waals surface area (Å²) in [5, 5.41) is 2.94. The van der Waals surface area contributed by atoms with E-state index in [-0.39, 0.29) is 6.29 Å². The first-order chi connectivity index (χ1) is 5.72. The van der Waals surface area contributed by atoms with E-state index in [0.29, 0.717) is 10.7 Å². The molecule has 0 bridgehead atoms. The van der Waals surface area contributed by atoms with Crippen LogP contribution in [0.1, 0.15) is 0 Å². The number of benzene rings is 1. The summed E-state index contributed by atoms with van der Waals surface area (Å²) < 4.78 is 0. The quantitative estimate of drug-likeness (QED) is 0.558. The lowest BCUT2D eigenvalue weighted by molar-refractivity contribution is -0.127. The third kappa shape index (κ3) is 2.36. The number of hydrogen-bond donors (Lipinski definition) is 1. The van der Waals surface area contributed by atoms with Crippen molar-refractivity contribution in [3.63, 3.8) is 0 Å². The second kappa shape index (κ2) is 3.88. The van der Waals surface area contributed by atoms with Crippen LogP contribution in [0.4, 0.5) is 5.69 Å². The van der Waals surface area contributed by atoms with Gasteiger partial charge in [0.05, 0.1) is 0 Å². The van der Waals surface area contributed by atoms with E-state index in [1.54, 1.807) is 24.3 Å². The average molecular weight is 184 g/mol. The van der Waals surface area contributed by atoms with Gasteiger partial charge in [0.25, 0.3) is 5.91 Å². The predicted molar refractivity (Wildman–Crippen MR) is 46.1 cm³/mol. The highest BCUT2D eigenvalue weighted by Crippen LogP contribution is 2.12. The van der Waals surface area contributed by atoms with Crippen molar-refractivity contribution in [2.24, 2.45) is 0 Å². The number of carbonyl (C=O) groups excluding carboxylic acids is 2. The lowest BCUT2D eigenvalue weighted by atomic mass is 10.3. The molecule has 0 aliphatic carbocycles. The first-order valence-corrected chi connectivity index (χ1v) is 3.62. The van der Waals surface area contributed by atoms with Gasteiger partial charge in [-0.15, -0.1) is 0 Å².